The molecule has 0 aliphatic carbocycles. The summed E-state index contributed by atoms with van der Waals surface area (Å²) in [6.45, 7) is 0.844. The minimum absolute atomic E-state index is 0.157. The molecule has 0 bridgehead atoms. The smallest absolute Gasteiger partial charge is 0.244 e. The van der Waals surface area contributed by atoms with Crippen molar-refractivity contribution < 1.29 is 13.2 Å². The van der Waals surface area contributed by atoms with E-state index in [2.05, 4.69) is 15.4 Å². The topological polar surface area (TPSA) is 97.2 Å². The number of hydrogen-bond donors (Lipinski definition) is 1. The number of nitrogens with zero attached hydrogens (tertiary/aromatic N) is 4. The summed E-state index contributed by atoms with van der Waals surface area (Å²) in [5.41, 5.74) is 0.712. The van der Waals surface area contributed by atoms with Crippen LogP contribution in [0.25, 0.3) is 0 Å². The van der Waals surface area contributed by atoms with E-state index in [1.165, 1.54) is 22.8 Å². The lowest BCUT2D eigenvalue weighted by Crippen LogP contribution is -2.41. The number of carbonyl (C=O) groups is 1. The molecule has 4 rings (SSSR count). The second-order valence-corrected chi connectivity index (χ2v) is 10.2. The van der Waals surface area contributed by atoms with Gasteiger partial charge in [-0.05, 0) is 37.1 Å². The quantitative estimate of drug-likeness (QED) is 0.564. The third kappa shape index (κ3) is 4.80. The number of sulfonamides is 1. The van der Waals surface area contributed by atoms with E-state index in [0.717, 1.165) is 0 Å². The minimum Gasteiger partial charge on any atom is -0.311 e. The Hall–Kier alpha value is -2.46. The number of pyridine rings is 1. The number of anilines is 1. The molecule has 1 aliphatic rings. The molecule has 1 N–H and O–H groups in total. The predicted octanol–water partition coefficient (Wildman–Crippen LogP) is 3.67. The maximum Gasteiger partial charge on any atom is 0.244 e. The van der Waals surface area contributed by atoms with Crippen molar-refractivity contribution in [2.45, 2.75) is 24.3 Å². The molecule has 11 heteroatoms. The summed E-state index contributed by atoms with van der Waals surface area (Å²) in [4.78, 5) is 16.9. The number of rotatable bonds is 6. The van der Waals surface area contributed by atoms with Crippen molar-refractivity contribution in [2.75, 3.05) is 18.4 Å². The zero-order chi connectivity index (χ0) is 22.7. The van der Waals surface area contributed by atoms with Crippen LogP contribution in [-0.4, -0.2) is 46.5 Å². The van der Waals surface area contributed by atoms with E-state index in [0.29, 0.717) is 40.8 Å². The van der Waals surface area contributed by atoms with Crippen LogP contribution in [0.2, 0.25) is 10.0 Å². The number of carbonyl (C=O) groups excluding carboxylic acids is 1. The Morgan fingerprint density at radius 3 is 2.44 bits per heavy atom. The molecular formula is C21H21Cl2N5O3S. The zero-order valence-electron chi connectivity index (χ0n) is 17.0. The fourth-order valence-corrected chi connectivity index (χ4v) is 5.58. The third-order valence-electron chi connectivity index (χ3n) is 5.43. The molecule has 0 spiro atoms. The summed E-state index contributed by atoms with van der Waals surface area (Å²) in [6, 6.07) is 10.1. The van der Waals surface area contributed by atoms with Crippen molar-refractivity contribution in [3.63, 3.8) is 0 Å². The van der Waals surface area contributed by atoms with Gasteiger partial charge >= 0.3 is 0 Å². The molecule has 0 atom stereocenters. The SMILES string of the molecule is O=C(Nc1ccnn1Cc1c(Cl)cccc1Cl)C1CCN(S(=O)(=O)c2cccnc2)CC1. The van der Waals surface area contributed by atoms with Crippen molar-refractivity contribution in [3.05, 3.63) is 70.6 Å². The van der Waals surface area contributed by atoms with Gasteiger partial charge in [-0.25, -0.2) is 13.1 Å². The molecule has 32 heavy (non-hydrogen) atoms. The van der Waals surface area contributed by atoms with E-state index in [-0.39, 0.29) is 29.8 Å². The molecule has 1 saturated heterocycles. The van der Waals surface area contributed by atoms with Gasteiger partial charge in [0.2, 0.25) is 15.9 Å². The molecule has 3 heterocycles. The van der Waals surface area contributed by atoms with Gasteiger partial charge in [0.05, 0.1) is 12.7 Å². The minimum atomic E-state index is -3.61. The summed E-state index contributed by atoms with van der Waals surface area (Å²) in [5.74, 6) is 0.0504. The Morgan fingerprint density at radius 2 is 1.78 bits per heavy atom. The highest BCUT2D eigenvalue weighted by Crippen LogP contribution is 2.27. The van der Waals surface area contributed by atoms with Crippen molar-refractivity contribution >= 4 is 45.0 Å². The summed E-state index contributed by atoms with van der Waals surface area (Å²) >= 11 is 12.5. The molecule has 1 fully saturated rings. The molecule has 1 amide bonds. The Morgan fingerprint density at radius 1 is 1.06 bits per heavy atom. The molecular weight excluding hydrogens is 473 g/mol. The molecule has 168 valence electrons. The van der Waals surface area contributed by atoms with E-state index in [4.69, 9.17) is 23.2 Å². The van der Waals surface area contributed by atoms with Gasteiger partial charge in [-0.2, -0.15) is 9.40 Å². The number of amides is 1. The van der Waals surface area contributed by atoms with Crippen LogP contribution >= 0.6 is 23.2 Å². The van der Waals surface area contributed by atoms with Crippen LogP contribution in [0.4, 0.5) is 5.82 Å². The number of benzene rings is 1. The Bertz CT molecular complexity index is 1190. The standard InChI is InChI=1S/C21H21Cl2N5O3S/c22-18-4-1-5-19(23)17(18)14-28-20(6-10-25-28)26-21(29)15-7-11-27(12-8-15)32(30,31)16-3-2-9-24-13-16/h1-6,9-10,13,15H,7-8,11-12,14H2,(H,26,29). The second-order valence-electron chi connectivity index (χ2n) is 7.43. The monoisotopic (exact) mass is 493 g/mol. The average molecular weight is 494 g/mol. The Kier molecular flexibility index (Phi) is 6.80. The maximum absolute atomic E-state index is 12.8. The highest BCUT2D eigenvalue weighted by atomic mass is 35.5. The highest BCUT2D eigenvalue weighted by Gasteiger charge is 2.32. The molecule has 1 aromatic carbocycles. The predicted molar refractivity (Wildman–Crippen MR) is 122 cm³/mol. The first kappa shape index (κ1) is 22.7. The number of halogens is 2. The average Bonchev–Trinajstić information content (AvgIpc) is 3.23. The van der Waals surface area contributed by atoms with Crippen LogP contribution in [0.15, 0.2) is 59.9 Å². The van der Waals surface area contributed by atoms with E-state index < -0.39 is 10.0 Å². The van der Waals surface area contributed by atoms with Gasteiger partial charge in [-0.3, -0.25) is 9.78 Å². The summed E-state index contributed by atoms with van der Waals surface area (Å²) < 4.78 is 28.5. The summed E-state index contributed by atoms with van der Waals surface area (Å²) in [6.07, 6.45) is 5.30. The first-order valence-electron chi connectivity index (χ1n) is 10.0. The maximum atomic E-state index is 12.8. The zero-order valence-corrected chi connectivity index (χ0v) is 19.3. The van der Waals surface area contributed by atoms with Gasteiger partial charge in [-0.1, -0.05) is 29.3 Å². The van der Waals surface area contributed by atoms with Gasteiger partial charge in [-0.15, -0.1) is 0 Å². The first-order valence-corrected chi connectivity index (χ1v) is 12.2. The van der Waals surface area contributed by atoms with Crippen LogP contribution in [0.1, 0.15) is 18.4 Å². The fourth-order valence-electron chi connectivity index (χ4n) is 3.63. The Labute approximate surface area is 196 Å². The van der Waals surface area contributed by atoms with Crippen LogP contribution in [0.5, 0.6) is 0 Å². The van der Waals surface area contributed by atoms with Gasteiger partial charge in [0.15, 0.2) is 0 Å². The third-order valence-corrected chi connectivity index (χ3v) is 8.02. The van der Waals surface area contributed by atoms with Crippen molar-refractivity contribution in [1.29, 1.82) is 0 Å². The number of aromatic nitrogens is 3. The van der Waals surface area contributed by atoms with E-state index >= 15 is 0 Å². The molecule has 0 unspecified atom stereocenters. The lowest BCUT2D eigenvalue weighted by Gasteiger charge is -2.30. The highest BCUT2D eigenvalue weighted by molar-refractivity contribution is 7.89. The van der Waals surface area contributed by atoms with Gasteiger partial charge in [0.1, 0.15) is 10.7 Å². The lowest BCUT2D eigenvalue weighted by molar-refractivity contribution is -0.121. The van der Waals surface area contributed by atoms with Crippen LogP contribution in [0, 0.1) is 5.92 Å². The summed E-state index contributed by atoms with van der Waals surface area (Å²) in [7, 11) is -3.61. The lowest BCUT2D eigenvalue weighted by atomic mass is 9.97. The molecule has 1 aliphatic heterocycles. The van der Waals surface area contributed by atoms with Crippen molar-refractivity contribution in [1.82, 2.24) is 19.1 Å². The van der Waals surface area contributed by atoms with Gasteiger partial charge in [0, 0.05) is 53.1 Å². The molecule has 8 nitrogen and oxygen atoms in total. The van der Waals surface area contributed by atoms with Crippen LogP contribution in [-0.2, 0) is 21.4 Å². The summed E-state index contributed by atoms with van der Waals surface area (Å²) in [5, 5.41) is 8.20. The molecule has 3 aromatic rings. The number of piperidine rings is 1. The normalized spacial score (nSPS) is 15.6. The molecule has 0 saturated carbocycles. The van der Waals surface area contributed by atoms with E-state index in [1.54, 1.807) is 41.2 Å². The van der Waals surface area contributed by atoms with Gasteiger partial charge in [0.25, 0.3) is 0 Å². The number of nitrogens with one attached hydrogen (secondary N) is 1. The van der Waals surface area contributed by atoms with E-state index in [1.807, 2.05) is 0 Å². The molecule has 0 radical (unpaired) electrons. The van der Waals surface area contributed by atoms with Crippen LogP contribution < -0.4 is 5.32 Å². The van der Waals surface area contributed by atoms with Crippen LogP contribution in [0.3, 0.4) is 0 Å². The Balaban J connectivity index is 1.39. The van der Waals surface area contributed by atoms with E-state index in [9.17, 15) is 13.2 Å². The van der Waals surface area contributed by atoms with Gasteiger partial charge < -0.3 is 5.32 Å². The first-order chi connectivity index (χ1) is 15.4. The number of hydrogen-bond acceptors (Lipinski definition) is 5. The fraction of sp³-hybridized carbons (Fsp3) is 0.286. The molecule has 2 aromatic heterocycles. The largest absolute Gasteiger partial charge is 0.311 e. The second kappa shape index (κ2) is 9.58. The van der Waals surface area contributed by atoms with Crippen molar-refractivity contribution in [3.8, 4) is 0 Å². The van der Waals surface area contributed by atoms with Crippen molar-refractivity contribution in [2.24, 2.45) is 5.92 Å².